The molecule has 0 saturated heterocycles. The van der Waals surface area contributed by atoms with Crippen molar-refractivity contribution >= 4 is 0 Å². The Hall–Kier alpha value is -0.120. The first-order valence-corrected chi connectivity index (χ1v) is 14.3. The second-order valence-corrected chi connectivity index (χ2v) is 9.85. The van der Waals surface area contributed by atoms with Gasteiger partial charge in [0.2, 0.25) is 0 Å². The lowest BCUT2D eigenvalue weighted by Crippen LogP contribution is -2.38. The standard InChI is InChI=1S/C28H59NO2/c1-3-5-7-9-11-13-14-15-16-18-20-22-24-26-28(31)29-27(30)25-23-21-19-17-12-10-8-6-4-2/h27-31H,3-26H2,1-2H3. The summed E-state index contributed by atoms with van der Waals surface area (Å²) in [5.74, 6) is 0. The number of hydrogen-bond acceptors (Lipinski definition) is 3. The summed E-state index contributed by atoms with van der Waals surface area (Å²) in [4.78, 5) is 0. The van der Waals surface area contributed by atoms with Crippen molar-refractivity contribution in [3.8, 4) is 0 Å². The van der Waals surface area contributed by atoms with Crippen LogP contribution in [0.25, 0.3) is 0 Å². The van der Waals surface area contributed by atoms with Gasteiger partial charge in [-0.05, 0) is 25.7 Å². The summed E-state index contributed by atoms with van der Waals surface area (Å²) < 4.78 is 0. The maximum absolute atomic E-state index is 10.1. The zero-order chi connectivity index (χ0) is 22.8. The minimum atomic E-state index is -0.554. The molecule has 3 nitrogen and oxygen atoms in total. The number of aliphatic hydroxyl groups excluding tert-OH is 2. The first kappa shape index (κ1) is 30.9. The maximum Gasteiger partial charge on any atom is 0.106 e. The Kier molecular flexibility index (Phi) is 26.0. The summed E-state index contributed by atoms with van der Waals surface area (Å²) in [6.45, 7) is 4.54. The second-order valence-electron chi connectivity index (χ2n) is 9.85. The molecule has 2 atom stereocenters. The van der Waals surface area contributed by atoms with E-state index in [1.807, 2.05) is 0 Å². The Bertz CT molecular complexity index is 324. The lowest BCUT2D eigenvalue weighted by Gasteiger charge is -2.18. The molecule has 3 N–H and O–H groups in total. The van der Waals surface area contributed by atoms with Gasteiger partial charge in [0.05, 0.1) is 0 Å². The van der Waals surface area contributed by atoms with Gasteiger partial charge < -0.3 is 10.2 Å². The molecular formula is C28H59NO2. The highest BCUT2D eigenvalue weighted by Crippen LogP contribution is 2.14. The average Bonchev–Trinajstić information content (AvgIpc) is 2.75. The topological polar surface area (TPSA) is 52.5 Å². The Morgan fingerprint density at radius 2 is 0.613 bits per heavy atom. The summed E-state index contributed by atoms with van der Waals surface area (Å²) in [5, 5.41) is 23.1. The van der Waals surface area contributed by atoms with Crippen molar-refractivity contribution in [2.24, 2.45) is 0 Å². The van der Waals surface area contributed by atoms with Gasteiger partial charge in [-0.15, -0.1) is 0 Å². The molecule has 0 rings (SSSR count). The van der Waals surface area contributed by atoms with E-state index in [4.69, 9.17) is 0 Å². The molecular weight excluding hydrogens is 382 g/mol. The Morgan fingerprint density at radius 1 is 0.387 bits per heavy atom. The zero-order valence-corrected chi connectivity index (χ0v) is 21.5. The molecule has 31 heavy (non-hydrogen) atoms. The highest BCUT2D eigenvalue weighted by atomic mass is 16.3. The van der Waals surface area contributed by atoms with Crippen LogP contribution in [0.1, 0.15) is 168 Å². The van der Waals surface area contributed by atoms with Crippen LogP contribution in [0.15, 0.2) is 0 Å². The third-order valence-electron chi connectivity index (χ3n) is 6.55. The SMILES string of the molecule is CCCCCCCCCCCCCCCC(O)NC(O)CCCCCCCCCCC. The van der Waals surface area contributed by atoms with E-state index in [1.54, 1.807) is 0 Å². The van der Waals surface area contributed by atoms with E-state index in [2.05, 4.69) is 19.2 Å². The predicted molar refractivity (Wildman–Crippen MR) is 137 cm³/mol. The molecule has 0 bridgehead atoms. The molecule has 0 aromatic heterocycles. The molecule has 0 saturated carbocycles. The van der Waals surface area contributed by atoms with Crippen molar-refractivity contribution < 1.29 is 10.2 Å². The molecule has 0 aromatic rings. The molecule has 3 heteroatoms. The summed E-state index contributed by atoms with van der Waals surface area (Å²) in [7, 11) is 0. The van der Waals surface area contributed by atoms with Crippen LogP contribution in [-0.2, 0) is 0 Å². The van der Waals surface area contributed by atoms with Crippen LogP contribution in [0, 0.1) is 0 Å². The third-order valence-corrected chi connectivity index (χ3v) is 6.55. The van der Waals surface area contributed by atoms with Gasteiger partial charge in [-0.3, -0.25) is 5.32 Å². The fourth-order valence-electron chi connectivity index (χ4n) is 4.39. The van der Waals surface area contributed by atoms with Crippen molar-refractivity contribution in [1.82, 2.24) is 5.32 Å². The Morgan fingerprint density at radius 3 is 0.871 bits per heavy atom. The van der Waals surface area contributed by atoms with Gasteiger partial charge in [-0.25, -0.2) is 0 Å². The van der Waals surface area contributed by atoms with Crippen LogP contribution in [0.2, 0.25) is 0 Å². The first-order valence-electron chi connectivity index (χ1n) is 14.3. The average molecular weight is 442 g/mol. The summed E-state index contributed by atoms with van der Waals surface area (Å²) in [6.07, 6.45) is 29.5. The third kappa shape index (κ3) is 26.0. The fourth-order valence-corrected chi connectivity index (χ4v) is 4.39. The molecule has 0 amide bonds. The highest BCUT2D eigenvalue weighted by Gasteiger charge is 2.09. The predicted octanol–water partition coefficient (Wildman–Crippen LogP) is 8.62. The number of unbranched alkanes of at least 4 members (excludes halogenated alkanes) is 20. The van der Waals surface area contributed by atoms with E-state index in [1.165, 1.54) is 128 Å². The lowest BCUT2D eigenvalue weighted by atomic mass is 10.0. The van der Waals surface area contributed by atoms with Gasteiger partial charge in [-0.1, -0.05) is 142 Å². The van der Waals surface area contributed by atoms with Gasteiger partial charge in [0, 0.05) is 0 Å². The van der Waals surface area contributed by atoms with Gasteiger partial charge in [0.15, 0.2) is 0 Å². The van der Waals surface area contributed by atoms with Crippen molar-refractivity contribution in [3.05, 3.63) is 0 Å². The van der Waals surface area contributed by atoms with Gasteiger partial charge in [0.1, 0.15) is 12.5 Å². The molecule has 0 heterocycles. The Balaban J connectivity index is 3.28. The largest absolute Gasteiger partial charge is 0.379 e. The molecule has 0 aromatic carbocycles. The molecule has 0 radical (unpaired) electrons. The summed E-state index contributed by atoms with van der Waals surface area (Å²) in [6, 6.07) is 0. The van der Waals surface area contributed by atoms with Crippen LogP contribution in [0.3, 0.4) is 0 Å². The van der Waals surface area contributed by atoms with Crippen LogP contribution in [0.5, 0.6) is 0 Å². The zero-order valence-electron chi connectivity index (χ0n) is 21.5. The normalized spacial score (nSPS) is 13.5. The van der Waals surface area contributed by atoms with Gasteiger partial charge in [0.25, 0.3) is 0 Å². The van der Waals surface area contributed by atoms with Crippen LogP contribution in [0.4, 0.5) is 0 Å². The van der Waals surface area contributed by atoms with E-state index in [0.717, 1.165) is 25.7 Å². The van der Waals surface area contributed by atoms with E-state index in [9.17, 15) is 10.2 Å². The van der Waals surface area contributed by atoms with E-state index >= 15 is 0 Å². The summed E-state index contributed by atoms with van der Waals surface area (Å²) >= 11 is 0. The minimum absolute atomic E-state index is 0.554. The summed E-state index contributed by atoms with van der Waals surface area (Å²) in [5.41, 5.74) is 0. The van der Waals surface area contributed by atoms with E-state index in [-0.39, 0.29) is 0 Å². The molecule has 0 spiro atoms. The molecule has 2 unspecified atom stereocenters. The van der Waals surface area contributed by atoms with E-state index in [0.29, 0.717) is 0 Å². The quantitative estimate of drug-likeness (QED) is 0.0930. The number of aliphatic hydroxyl groups is 2. The molecule has 0 aliphatic carbocycles. The first-order chi connectivity index (χ1) is 15.2. The number of hydrogen-bond donors (Lipinski definition) is 3. The number of rotatable bonds is 26. The number of nitrogens with one attached hydrogen (secondary N) is 1. The monoisotopic (exact) mass is 441 g/mol. The lowest BCUT2D eigenvalue weighted by molar-refractivity contribution is 0.0310. The smallest absolute Gasteiger partial charge is 0.106 e. The highest BCUT2D eigenvalue weighted by molar-refractivity contribution is 4.60. The van der Waals surface area contributed by atoms with Crippen LogP contribution in [-0.4, -0.2) is 22.7 Å². The minimum Gasteiger partial charge on any atom is -0.379 e. The maximum atomic E-state index is 10.1. The molecule has 0 aliphatic rings. The molecule has 0 aliphatic heterocycles. The van der Waals surface area contributed by atoms with Crippen molar-refractivity contribution in [1.29, 1.82) is 0 Å². The fraction of sp³-hybridized carbons (Fsp3) is 1.00. The van der Waals surface area contributed by atoms with Crippen molar-refractivity contribution in [3.63, 3.8) is 0 Å². The van der Waals surface area contributed by atoms with Crippen LogP contribution >= 0.6 is 0 Å². The van der Waals surface area contributed by atoms with Crippen molar-refractivity contribution in [2.45, 2.75) is 180 Å². The molecule has 188 valence electrons. The second kappa shape index (κ2) is 26.1. The molecule has 0 fully saturated rings. The van der Waals surface area contributed by atoms with E-state index < -0.39 is 12.5 Å². The van der Waals surface area contributed by atoms with Crippen molar-refractivity contribution in [2.75, 3.05) is 0 Å². The van der Waals surface area contributed by atoms with Crippen LogP contribution < -0.4 is 5.32 Å². The van der Waals surface area contributed by atoms with Gasteiger partial charge >= 0.3 is 0 Å². The van der Waals surface area contributed by atoms with Gasteiger partial charge in [-0.2, -0.15) is 0 Å². The Labute approximate surface area is 196 Å².